The van der Waals surface area contributed by atoms with Crippen molar-refractivity contribution in [2.75, 3.05) is 13.2 Å². The van der Waals surface area contributed by atoms with E-state index in [0.717, 1.165) is 44.9 Å². The highest BCUT2D eigenvalue weighted by Gasteiger charge is 2.18. The molecule has 0 aromatic carbocycles. The van der Waals surface area contributed by atoms with Gasteiger partial charge in [0.1, 0.15) is 0 Å². The van der Waals surface area contributed by atoms with E-state index in [9.17, 15) is 19.8 Å². The smallest absolute Gasteiger partial charge is 0.305 e. The van der Waals surface area contributed by atoms with E-state index < -0.39 is 12.1 Å². The van der Waals surface area contributed by atoms with Gasteiger partial charge < -0.3 is 20.3 Å². The Morgan fingerprint density at radius 2 is 0.810 bits per heavy atom. The van der Waals surface area contributed by atoms with Gasteiger partial charge in [0.25, 0.3) is 0 Å². The van der Waals surface area contributed by atoms with Crippen LogP contribution in [0.4, 0.5) is 0 Å². The summed E-state index contributed by atoms with van der Waals surface area (Å²) in [5.74, 6) is -0.0777. The fraction of sp³-hybridized carbons (Fsp3) is 0.885. The van der Waals surface area contributed by atoms with E-state index in [1.807, 2.05) is 6.08 Å². The number of ether oxygens (including phenoxy) is 1. The molecule has 0 saturated heterocycles. The molecule has 0 saturated carbocycles. The van der Waals surface area contributed by atoms with Gasteiger partial charge in [0, 0.05) is 12.8 Å². The van der Waals surface area contributed by atoms with Crippen molar-refractivity contribution in [2.24, 2.45) is 0 Å². The Morgan fingerprint density at radius 3 is 1.24 bits per heavy atom. The highest BCUT2D eigenvalue weighted by atomic mass is 16.5. The van der Waals surface area contributed by atoms with Gasteiger partial charge in [-0.25, -0.2) is 0 Å². The van der Waals surface area contributed by atoms with Crippen LogP contribution in [0.25, 0.3) is 0 Å². The van der Waals surface area contributed by atoms with Crippen molar-refractivity contribution < 1.29 is 24.5 Å². The highest BCUT2D eigenvalue weighted by molar-refractivity contribution is 5.76. The van der Waals surface area contributed by atoms with Crippen LogP contribution in [0, 0.1) is 0 Å². The maximum Gasteiger partial charge on any atom is 0.305 e. The number of nitrogens with one attached hydrogen (secondary N) is 1. The van der Waals surface area contributed by atoms with E-state index in [-0.39, 0.29) is 18.5 Å². The molecule has 0 fully saturated rings. The second-order valence-corrected chi connectivity index (χ2v) is 17.5. The summed E-state index contributed by atoms with van der Waals surface area (Å²) in [5.41, 5.74) is 0. The van der Waals surface area contributed by atoms with E-state index in [1.165, 1.54) is 199 Å². The van der Waals surface area contributed by atoms with Gasteiger partial charge in [-0.2, -0.15) is 0 Å². The zero-order valence-corrected chi connectivity index (χ0v) is 38.8. The first kappa shape index (κ1) is 56.3. The molecule has 6 heteroatoms. The van der Waals surface area contributed by atoms with Crippen molar-refractivity contribution in [2.45, 2.75) is 283 Å². The molecule has 2 atom stereocenters. The van der Waals surface area contributed by atoms with Crippen LogP contribution in [0.5, 0.6) is 0 Å². The molecule has 58 heavy (non-hydrogen) atoms. The Labute approximate surface area is 361 Å². The maximum atomic E-state index is 12.4. The molecule has 0 radical (unpaired) electrons. The Hall–Kier alpha value is -1.66. The second kappa shape index (κ2) is 48.0. The van der Waals surface area contributed by atoms with Gasteiger partial charge in [0.15, 0.2) is 0 Å². The number of carbonyl (C=O) groups is 2. The topological polar surface area (TPSA) is 95.9 Å². The predicted octanol–water partition coefficient (Wildman–Crippen LogP) is 15.1. The van der Waals surface area contributed by atoms with E-state index in [1.54, 1.807) is 6.08 Å². The fourth-order valence-electron chi connectivity index (χ4n) is 7.74. The number of aliphatic hydroxyl groups is 2. The average Bonchev–Trinajstić information content (AvgIpc) is 3.22. The molecule has 0 bridgehead atoms. The maximum absolute atomic E-state index is 12.4. The van der Waals surface area contributed by atoms with Gasteiger partial charge >= 0.3 is 5.97 Å². The summed E-state index contributed by atoms with van der Waals surface area (Å²) in [6.45, 7) is 4.85. The lowest BCUT2D eigenvalue weighted by molar-refractivity contribution is -0.143. The van der Waals surface area contributed by atoms with E-state index in [4.69, 9.17) is 4.74 Å². The molecule has 2 unspecified atom stereocenters. The van der Waals surface area contributed by atoms with Crippen molar-refractivity contribution in [3.05, 3.63) is 24.3 Å². The van der Waals surface area contributed by atoms with Gasteiger partial charge in [-0.15, -0.1) is 0 Å². The lowest BCUT2D eigenvalue weighted by Gasteiger charge is -2.20. The Kier molecular flexibility index (Phi) is 46.6. The summed E-state index contributed by atoms with van der Waals surface area (Å²) in [6.07, 6.45) is 56.1. The van der Waals surface area contributed by atoms with Crippen LogP contribution in [0.3, 0.4) is 0 Å². The number of allylic oxidation sites excluding steroid dienone is 3. The first-order valence-electron chi connectivity index (χ1n) is 25.6. The lowest BCUT2D eigenvalue weighted by atomic mass is 10.0. The fourth-order valence-corrected chi connectivity index (χ4v) is 7.74. The number of esters is 1. The molecule has 0 spiro atoms. The third-order valence-corrected chi connectivity index (χ3v) is 11.7. The standard InChI is InChI=1S/C52H99NO5/c1-3-5-7-9-11-13-15-22-26-30-34-38-42-46-52(57)58-47-43-39-35-31-27-24-21-19-17-16-18-20-23-25-29-33-37-41-45-51(56)53-49(48-54)50(55)44-40-36-32-28-14-12-10-8-6-4-2/h13,15,40,44,49-50,54-55H,3-12,14,16-39,41-43,45-48H2,1-2H3,(H,53,56)/b15-13-,44-40+. The SMILES string of the molecule is CCCCCC/C=C\CCCCCCCC(=O)OCCCCCCCCCCCCCCCCCCCCC(=O)NC(CO)C(O)/C=C/CCCCCCCCCC. The Balaban J connectivity index is 3.41. The summed E-state index contributed by atoms with van der Waals surface area (Å²) in [7, 11) is 0. The van der Waals surface area contributed by atoms with Crippen LogP contribution in [0.1, 0.15) is 271 Å². The summed E-state index contributed by atoms with van der Waals surface area (Å²) in [5, 5.41) is 22.9. The molecule has 0 rings (SSSR count). The molecular formula is C52H99NO5. The van der Waals surface area contributed by atoms with Crippen LogP contribution in [0.15, 0.2) is 24.3 Å². The van der Waals surface area contributed by atoms with Crippen molar-refractivity contribution in [1.82, 2.24) is 5.32 Å². The lowest BCUT2D eigenvalue weighted by Crippen LogP contribution is -2.45. The van der Waals surface area contributed by atoms with Crippen LogP contribution >= 0.6 is 0 Å². The highest BCUT2D eigenvalue weighted by Crippen LogP contribution is 2.16. The van der Waals surface area contributed by atoms with Crippen molar-refractivity contribution in [3.63, 3.8) is 0 Å². The monoisotopic (exact) mass is 818 g/mol. The normalized spacial score (nSPS) is 12.8. The number of rotatable bonds is 47. The molecule has 0 aromatic heterocycles. The number of hydrogen-bond acceptors (Lipinski definition) is 5. The quantitative estimate of drug-likeness (QED) is 0.0323. The minimum Gasteiger partial charge on any atom is -0.466 e. The summed E-state index contributed by atoms with van der Waals surface area (Å²) < 4.78 is 5.46. The van der Waals surface area contributed by atoms with Gasteiger partial charge in [-0.1, -0.05) is 224 Å². The predicted molar refractivity (Wildman–Crippen MR) is 250 cm³/mol. The molecule has 0 aromatic rings. The number of unbranched alkanes of at least 4 members (excludes halogenated alkanes) is 34. The molecule has 1 amide bonds. The van der Waals surface area contributed by atoms with Crippen LogP contribution in [0.2, 0.25) is 0 Å². The second-order valence-electron chi connectivity index (χ2n) is 17.5. The first-order valence-corrected chi connectivity index (χ1v) is 25.6. The minimum atomic E-state index is -0.845. The first-order chi connectivity index (χ1) is 28.5. The van der Waals surface area contributed by atoms with E-state index >= 15 is 0 Å². The summed E-state index contributed by atoms with van der Waals surface area (Å²) in [6, 6.07) is -0.628. The Morgan fingerprint density at radius 1 is 0.466 bits per heavy atom. The third-order valence-electron chi connectivity index (χ3n) is 11.7. The molecule has 0 aliphatic rings. The molecule has 0 aliphatic heterocycles. The Bertz CT molecular complexity index is 904. The van der Waals surface area contributed by atoms with Crippen molar-refractivity contribution in [1.29, 1.82) is 0 Å². The molecule has 3 N–H and O–H groups in total. The van der Waals surface area contributed by atoms with Crippen molar-refractivity contribution in [3.8, 4) is 0 Å². The van der Waals surface area contributed by atoms with Gasteiger partial charge in [0.2, 0.25) is 5.91 Å². The van der Waals surface area contributed by atoms with Gasteiger partial charge in [-0.3, -0.25) is 9.59 Å². The molecule has 0 heterocycles. The van der Waals surface area contributed by atoms with Crippen molar-refractivity contribution >= 4 is 11.9 Å². The summed E-state index contributed by atoms with van der Waals surface area (Å²) in [4.78, 5) is 24.4. The zero-order valence-electron chi connectivity index (χ0n) is 38.8. The minimum absolute atomic E-state index is 0.00335. The molecule has 342 valence electrons. The number of amides is 1. The van der Waals surface area contributed by atoms with Gasteiger partial charge in [-0.05, 0) is 57.8 Å². The summed E-state index contributed by atoms with van der Waals surface area (Å²) >= 11 is 0. The van der Waals surface area contributed by atoms with Gasteiger partial charge in [0.05, 0.1) is 25.4 Å². The van der Waals surface area contributed by atoms with Crippen LogP contribution in [-0.4, -0.2) is 47.4 Å². The van der Waals surface area contributed by atoms with Crippen LogP contribution < -0.4 is 5.32 Å². The van der Waals surface area contributed by atoms with E-state index in [0.29, 0.717) is 19.4 Å². The zero-order chi connectivity index (χ0) is 42.3. The van der Waals surface area contributed by atoms with E-state index in [2.05, 4.69) is 31.3 Å². The third kappa shape index (κ3) is 43.9. The largest absolute Gasteiger partial charge is 0.466 e. The molecular weight excluding hydrogens is 719 g/mol. The average molecular weight is 818 g/mol. The number of aliphatic hydroxyl groups excluding tert-OH is 2. The molecule has 6 nitrogen and oxygen atoms in total. The number of carbonyl (C=O) groups excluding carboxylic acids is 2. The molecule has 0 aliphatic carbocycles. The van der Waals surface area contributed by atoms with Crippen LogP contribution in [-0.2, 0) is 14.3 Å². The number of hydrogen-bond donors (Lipinski definition) is 3.